The molecule has 10 nitrogen and oxygen atoms in total. The fraction of sp³-hybridized carbons (Fsp3) is 0.200. The van der Waals surface area contributed by atoms with Crippen LogP contribution in [0.4, 0.5) is 5.82 Å². The maximum Gasteiger partial charge on any atom is 0.335 e. The molecule has 0 radical (unpaired) electrons. The summed E-state index contributed by atoms with van der Waals surface area (Å²) in [6.07, 6.45) is 3.12. The Hall–Kier alpha value is -4.23. The van der Waals surface area contributed by atoms with Crippen molar-refractivity contribution < 1.29 is 14.6 Å². The lowest BCUT2D eigenvalue weighted by Crippen LogP contribution is -2.23. The molecule has 0 saturated heterocycles. The highest BCUT2D eigenvalue weighted by atomic mass is 127. The minimum absolute atomic E-state index is 0.225. The van der Waals surface area contributed by atoms with Crippen molar-refractivity contribution in [2.75, 3.05) is 3.53 Å². The van der Waals surface area contributed by atoms with Gasteiger partial charge in [-0.1, -0.05) is 74.0 Å². The van der Waals surface area contributed by atoms with Gasteiger partial charge in [-0.2, -0.15) is 4.98 Å². The van der Waals surface area contributed by atoms with E-state index in [2.05, 4.69) is 44.0 Å². The summed E-state index contributed by atoms with van der Waals surface area (Å²) in [6, 6.07) is 22.5. The third-order valence-corrected chi connectivity index (χ3v) is 6.95. The van der Waals surface area contributed by atoms with Crippen molar-refractivity contribution in [2.24, 2.45) is 16.7 Å². The Balaban J connectivity index is 1.61. The van der Waals surface area contributed by atoms with Crippen molar-refractivity contribution in [1.29, 1.82) is 0 Å². The number of nitrogens with one attached hydrogen (secondary N) is 2. The zero-order valence-electron chi connectivity index (χ0n) is 22.6. The Morgan fingerprint density at radius 1 is 1.05 bits per heavy atom. The number of hydrazine groups is 1. The standard InChI is InChI=1S/C30H32IN7O3/c1-2-3-11-26-34-28(36-31)25(17-20-7-6-8-22(16-20)30(39)40)29(35-26)41-18-19-12-14-21(15-13-19)23-9-4-5-10-24(23)27(32)37-38-33/h4-10,12-16,38H,2-3,11,17-18,33H2,1H3,(H2,32,37)(H,39,40)(H,34,35,36). The summed E-state index contributed by atoms with van der Waals surface area (Å²) < 4.78 is 9.45. The molecule has 0 bridgehead atoms. The zero-order chi connectivity index (χ0) is 29.2. The van der Waals surface area contributed by atoms with Crippen LogP contribution in [-0.2, 0) is 19.4 Å². The molecule has 1 heterocycles. The lowest BCUT2D eigenvalue weighted by molar-refractivity contribution is 0.0696. The van der Waals surface area contributed by atoms with E-state index in [9.17, 15) is 9.90 Å². The molecule has 11 heteroatoms. The first kappa shape index (κ1) is 29.7. The number of rotatable bonds is 13. The second kappa shape index (κ2) is 14.4. The van der Waals surface area contributed by atoms with Crippen molar-refractivity contribution in [1.82, 2.24) is 15.5 Å². The van der Waals surface area contributed by atoms with Crippen LogP contribution in [-0.4, -0.2) is 26.9 Å². The lowest BCUT2D eigenvalue weighted by Gasteiger charge is -2.16. The number of hydrogen-bond acceptors (Lipinski definition) is 8. The van der Waals surface area contributed by atoms with Crippen molar-refractivity contribution in [3.05, 3.63) is 106 Å². The summed E-state index contributed by atoms with van der Waals surface area (Å²) in [6.45, 7) is 2.41. The number of carbonyl (C=O) groups is 1. The molecule has 41 heavy (non-hydrogen) atoms. The summed E-state index contributed by atoms with van der Waals surface area (Å²) in [5.41, 5.74) is 13.8. The van der Waals surface area contributed by atoms with Crippen molar-refractivity contribution in [2.45, 2.75) is 39.2 Å². The van der Waals surface area contributed by atoms with Gasteiger partial charge < -0.3 is 19.1 Å². The molecular weight excluding hydrogens is 633 g/mol. The second-order valence-electron chi connectivity index (χ2n) is 9.31. The average Bonchev–Trinajstić information content (AvgIpc) is 3.00. The number of unbranched alkanes of at least 4 members (excludes halogenated alkanes) is 1. The van der Waals surface area contributed by atoms with Crippen LogP contribution in [0.5, 0.6) is 5.88 Å². The van der Waals surface area contributed by atoms with E-state index in [-0.39, 0.29) is 12.2 Å². The smallest absolute Gasteiger partial charge is 0.335 e. The Labute approximate surface area is 252 Å². The topological polar surface area (TPSA) is 161 Å². The van der Waals surface area contributed by atoms with E-state index in [0.29, 0.717) is 29.8 Å². The summed E-state index contributed by atoms with van der Waals surface area (Å²) in [4.78, 5) is 21.0. The number of halogens is 1. The van der Waals surface area contributed by atoms with E-state index in [1.807, 2.05) is 54.6 Å². The van der Waals surface area contributed by atoms with Crippen molar-refractivity contribution in [3.8, 4) is 17.0 Å². The number of aromatic nitrogens is 2. The van der Waals surface area contributed by atoms with Gasteiger partial charge in [-0.25, -0.2) is 21.2 Å². The van der Waals surface area contributed by atoms with Gasteiger partial charge in [0.05, 0.1) is 34.0 Å². The average molecular weight is 666 g/mol. The third kappa shape index (κ3) is 7.70. The number of amidine groups is 1. The number of aromatic carboxylic acids is 1. The quantitative estimate of drug-likeness (QED) is 0.0323. The summed E-state index contributed by atoms with van der Waals surface area (Å²) in [5, 5.41) is 13.3. The molecule has 7 N–H and O–H groups in total. The van der Waals surface area contributed by atoms with Gasteiger partial charge >= 0.3 is 5.97 Å². The number of hydrazone groups is 1. The van der Waals surface area contributed by atoms with Crippen molar-refractivity contribution >= 4 is 40.5 Å². The fourth-order valence-corrected chi connectivity index (χ4v) is 4.80. The number of aryl methyl sites for hydroxylation is 1. The van der Waals surface area contributed by atoms with Crippen LogP contribution < -0.4 is 25.4 Å². The number of benzene rings is 3. The van der Waals surface area contributed by atoms with Gasteiger partial charge in [0.1, 0.15) is 18.2 Å². The van der Waals surface area contributed by atoms with E-state index in [0.717, 1.165) is 52.6 Å². The highest BCUT2D eigenvalue weighted by molar-refractivity contribution is 14.1. The Bertz CT molecular complexity index is 1530. The number of hydrogen-bond donors (Lipinski definition) is 5. The van der Waals surface area contributed by atoms with E-state index in [1.165, 1.54) is 0 Å². The molecule has 0 amide bonds. The number of anilines is 1. The molecule has 0 aliphatic heterocycles. The summed E-state index contributed by atoms with van der Waals surface area (Å²) in [7, 11) is 0. The fourth-order valence-electron chi connectivity index (χ4n) is 4.35. The molecule has 0 unspecified atom stereocenters. The molecule has 4 aromatic rings. The first-order valence-electron chi connectivity index (χ1n) is 13.1. The van der Waals surface area contributed by atoms with Gasteiger partial charge in [-0.3, -0.25) is 0 Å². The molecule has 0 aliphatic carbocycles. The lowest BCUT2D eigenvalue weighted by atomic mass is 9.98. The van der Waals surface area contributed by atoms with Crippen LogP contribution in [0.1, 0.15) is 58.2 Å². The third-order valence-electron chi connectivity index (χ3n) is 6.44. The monoisotopic (exact) mass is 665 g/mol. The Morgan fingerprint density at radius 3 is 2.54 bits per heavy atom. The largest absolute Gasteiger partial charge is 0.478 e. The maximum absolute atomic E-state index is 11.5. The molecule has 1 aromatic heterocycles. The second-order valence-corrected chi connectivity index (χ2v) is 9.85. The van der Waals surface area contributed by atoms with Crippen LogP contribution in [0.25, 0.3) is 11.1 Å². The minimum Gasteiger partial charge on any atom is -0.478 e. The summed E-state index contributed by atoms with van der Waals surface area (Å²) >= 11 is 2.05. The maximum atomic E-state index is 11.5. The van der Waals surface area contributed by atoms with E-state index < -0.39 is 5.97 Å². The normalized spacial score (nSPS) is 11.2. The van der Waals surface area contributed by atoms with E-state index >= 15 is 0 Å². The zero-order valence-corrected chi connectivity index (χ0v) is 24.8. The highest BCUT2D eigenvalue weighted by Crippen LogP contribution is 2.30. The van der Waals surface area contributed by atoms with Crippen LogP contribution in [0.15, 0.2) is 77.9 Å². The van der Waals surface area contributed by atoms with Crippen LogP contribution >= 0.6 is 22.9 Å². The SMILES string of the molecule is CCCCc1nc(NI)c(Cc2cccc(C(=O)O)c2)c(OCc2ccc(-c3ccccc3/C(N)=N/NN)cc2)n1. The summed E-state index contributed by atoms with van der Waals surface area (Å²) in [5.74, 6) is 6.45. The van der Waals surface area contributed by atoms with Crippen LogP contribution in [0.3, 0.4) is 0 Å². The number of nitrogens with two attached hydrogens (primary N) is 2. The molecule has 0 saturated carbocycles. The molecule has 4 rings (SSSR count). The molecule has 0 aliphatic rings. The Morgan fingerprint density at radius 2 is 1.83 bits per heavy atom. The number of ether oxygens (including phenoxy) is 1. The van der Waals surface area contributed by atoms with Gasteiger partial charge in [0.2, 0.25) is 5.88 Å². The number of carboxylic acids is 1. The van der Waals surface area contributed by atoms with E-state index in [4.69, 9.17) is 26.3 Å². The van der Waals surface area contributed by atoms with Crippen LogP contribution in [0, 0.1) is 0 Å². The molecular formula is C30H32IN7O3. The van der Waals surface area contributed by atoms with Gasteiger partial charge in [0, 0.05) is 18.4 Å². The Kier molecular flexibility index (Phi) is 10.5. The predicted octanol–water partition coefficient (Wildman–Crippen LogP) is 5.20. The van der Waals surface area contributed by atoms with Crippen molar-refractivity contribution in [3.63, 3.8) is 0 Å². The first-order chi connectivity index (χ1) is 19.9. The number of nitrogens with zero attached hydrogens (tertiary/aromatic N) is 3. The minimum atomic E-state index is -0.973. The van der Waals surface area contributed by atoms with Gasteiger partial charge in [-0.15, -0.1) is 5.10 Å². The molecule has 0 spiro atoms. The number of carboxylic acid groups (broad SMARTS) is 1. The van der Waals surface area contributed by atoms with Gasteiger partial charge in [0.25, 0.3) is 0 Å². The first-order valence-corrected chi connectivity index (χ1v) is 14.2. The predicted molar refractivity (Wildman–Crippen MR) is 169 cm³/mol. The van der Waals surface area contributed by atoms with Gasteiger partial charge in [0.15, 0.2) is 5.84 Å². The molecule has 212 valence electrons. The molecule has 0 atom stereocenters. The molecule has 3 aromatic carbocycles. The highest BCUT2D eigenvalue weighted by Gasteiger charge is 2.18. The molecule has 0 fully saturated rings. The van der Waals surface area contributed by atoms with Crippen LogP contribution in [0.2, 0.25) is 0 Å². The van der Waals surface area contributed by atoms with E-state index in [1.54, 1.807) is 18.2 Å². The van der Waals surface area contributed by atoms with Gasteiger partial charge in [-0.05, 0) is 40.8 Å².